The van der Waals surface area contributed by atoms with E-state index in [2.05, 4.69) is 9.97 Å². The zero-order valence-corrected chi connectivity index (χ0v) is 21.1. The molecular weight excluding hydrogens is 499 g/mol. The molecule has 1 aliphatic heterocycles. The fraction of sp³-hybridized carbons (Fsp3) is 0.269. The number of pyridine rings is 1. The number of hydrogen-bond acceptors (Lipinski definition) is 6. The Morgan fingerprint density at radius 1 is 1.00 bits per heavy atom. The monoisotopic (exact) mass is 524 g/mol. The van der Waals surface area contributed by atoms with Crippen molar-refractivity contribution in [1.29, 1.82) is 0 Å². The Morgan fingerprint density at radius 2 is 1.75 bits per heavy atom. The third-order valence-electron chi connectivity index (χ3n) is 6.20. The number of benzene rings is 2. The van der Waals surface area contributed by atoms with E-state index in [4.69, 9.17) is 0 Å². The van der Waals surface area contributed by atoms with Crippen LogP contribution in [0.5, 0.6) is 0 Å². The highest BCUT2D eigenvalue weighted by atomic mass is 32.2. The van der Waals surface area contributed by atoms with Gasteiger partial charge in [-0.2, -0.15) is 4.31 Å². The number of carbonyl (C=O) groups excluding carboxylic acids is 1. The molecule has 7 nitrogen and oxygen atoms in total. The van der Waals surface area contributed by atoms with E-state index in [0.717, 1.165) is 31.2 Å². The van der Waals surface area contributed by atoms with Gasteiger partial charge in [0.2, 0.25) is 10.0 Å². The lowest BCUT2D eigenvalue weighted by Gasteiger charge is -2.21. The molecule has 10 heteroatoms. The van der Waals surface area contributed by atoms with Crippen LogP contribution in [0.25, 0.3) is 10.2 Å². The molecule has 2 aromatic heterocycles. The van der Waals surface area contributed by atoms with Gasteiger partial charge in [-0.25, -0.2) is 17.8 Å². The van der Waals surface area contributed by atoms with E-state index < -0.39 is 15.8 Å². The van der Waals surface area contributed by atoms with Gasteiger partial charge >= 0.3 is 0 Å². The molecule has 4 aromatic rings. The van der Waals surface area contributed by atoms with Crippen molar-refractivity contribution in [2.45, 2.75) is 37.1 Å². The Labute approximate surface area is 213 Å². The van der Waals surface area contributed by atoms with Crippen LogP contribution in [0.3, 0.4) is 0 Å². The smallest absolute Gasteiger partial charge is 0.260 e. The van der Waals surface area contributed by atoms with Crippen LogP contribution in [0.4, 0.5) is 9.52 Å². The van der Waals surface area contributed by atoms with Crippen LogP contribution >= 0.6 is 11.3 Å². The van der Waals surface area contributed by atoms with Crippen LogP contribution in [-0.4, -0.2) is 41.7 Å². The number of sulfonamides is 1. The molecule has 0 N–H and O–H groups in total. The third kappa shape index (κ3) is 5.02. The van der Waals surface area contributed by atoms with Crippen LogP contribution < -0.4 is 4.90 Å². The van der Waals surface area contributed by atoms with E-state index in [0.29, 0.717) is 28.5 Å². The van der Waals surface area contributed by atoms with Crippen LogP contribution in [0.1, 0.15) is 41.6 Å². The maximum atomic E-state index is 14.3. The predicted octanol–water partition coefficient (Wildman–Crippen LogP) is 5.24. The van der Waals surface area contributed by atoms with Gasteiger partial charge < -0.3 is 0 Å². The van der Waals surface area contributed by atoms with Crippen molar-refractivity contribution in [1.82, 2.24) is 14.3 Å². The van der Waals surface area contributed by atoms with Crippen molar-refractivity contribution in [3.8, 4) is 0 Å². The van der Waals surface area contributed by atoms with Gasteiger partial charge in [0, 0.05) is 31.0 Å². The number of hydrogen-bond donors (Lipinski definition) is 0. The van der Waals surface area contributed by atoms with Gasteiger partial charge in [0.1, 0.15) is 11.3 Å². The second-order valence-corrected chi connectivity index (χ2v) is 11.6. The third-order valence-corrected chi connectivity index (χ3v) is 9.16. The largest absolute Gasteiger partial charge is 0.279 e. The molecule has 2 aromatic carbocycles. The zero-order chi connectivity index (χ0) is 25.1. The van der Waals surface area contributed by atoms with Crippen molar-refractivity contribution < 1.29 is 17.6 Å². The zero-order valence-electron chi connectivity index (χ0n) is 19.5. The van der Waals surface area contributed by atoms with Gasteiger partial charge in [-0.3, -0.25) is 14.7 Å². The minimum Gasteiger partial charge on any atom is -0.279 e. The van der Waals surface area contributed by atoms with Gasteiger partial charge in [0.05, 0.1) is 16.1 Å². The Kier molecular flexibility index (Phi) is 7.08. The van der Waals surface area contributed by atoms with Crippen LogP contribution in [-0.2, 0) is 16.6 Å². The normalized spacial score (nSPS) is 15.0. The number of carbonyl (C=O) groups is 1. The quantitative estimate of drug-likeness (QED) is 0.344. The highest BCUT2D eigenvalue weighted by Gasteiger charge is 2.27. The van der Waals surface area contributed by atoms with E-state index >= 15 is 0 Å². The second-order valence-electron chi connectivity index (χ2n) is 8.68. The Morgan fingerprint density at radius 3 is 2.42 bits per heavy atom. The lowest BCUT2D eigenvalue weighted by atomic mass is 10.2. The predicted molar refractivity (Wildman–Crippen MR) is 138 cm³/mol. The number of nitrogens with zero attached hydrogens (tertiary/aromatic N) is 4. The van der Waals surface area contributed by atoms with Gasteiger partial charge in [-0.1, -0.05) is 36.3 Å². The minimum atomic E-state index is -3.62. The van der Waals surface area contributed by atoms with Gasteiger partial charge in [-0.05, 0) is 60.9 Å². The summed E-state index contributed by atoms with van der Waals surface area (Å²) in [5.41, 5.74) is 1.31. The average Bonchev–Trinajstić information content (AvgIpc) is 3.14. The van der Waals surface area contributed by atoms with Gasteiger partial charge in [0.15, 0.2) is 5.13 Å². The number of amides is 1. The second kappa shape index (κ2) is 10.4. The molecule has 0 bridgehead atoms. The van der Waals surface area contributed by atoms with E-state index in [1.165, 1.54) is 50.9 Å². The van der Waals surface area contributed by atoms with Crippen LogP contribution in [0, 0.1) is 5.82 Å². The van der Waals surface area contributed by atoms with E-state index in [1.807, 2.05) is 6.07 Å². The summed E-state index contributed by atoms with van der Waals surface area (Å²) < 4.78 is 42.7. The number of anilines is 1. The summed E-state index contributed by atoms with van der Waals surface area (Å²) in [6, 6.07) is 14.3. The van der Waals surface area contributed by atoms with E-state index in [9.17, 15) is 17.6 Å². The highest BCUT2D eigenvalue weighted by Crippen LogP contribution is 2.32. The molecular formula is C26H25FN4O3S2. The fourth-order valence-electron chi connectivity index (χ4n) is 4.28. The molecule has 3 heterocycles. The maximum absolute atomic E-state index is 14.3. The molecule has 0 saturated carbocycles. The molecule has 36 heavy (non-hydrogen) atoms. The summed E-state index contributed by atoms with van der Waals surface area (Å²) in [4.78, 5) is 23.8. The molecule has 0 unspecified atom stereocenters. The average molecular weight is 525 g/mol. The summed E-state index contributed by atoms with van der Waals surface area (Å²) in [5, 5.41) is 0.352. The number of thiazole rings is 1. The summed E-state index contributed by atoms with van der Waals surface area (Å²) >= 11 is 1.22. The van der Waals surface area contributed by atoms with Gasteiger partial charge in [0.25, 0.3) is 5.91 Å². The number of halogens is 1. The lowest BCUT2D eigenvalue weighted by Crippen LogP contribution is -2.32. The summed E-state index contributed by atoms with van der Waals surface area (Å²) in [6.45, 7) is 1.20. The standard InChI is InChI=1S/C26H25FN4O3S2/c27-22-8-5-9-23-24(22)29-26(35-23)31(18-19-7-6-14-28-17-19)25(32)20-10-12-21(13-11-20)36(33,34)30-15-3-1-2-4-16-30/h5-14,17H,1-4,15-16,18H2. The summed E-state index contributed by atoms with van der Waals surface area (Å²) in [5.74, 6) is -0.816. The molecule has 1 amide bonds. The molecule has 5 rings (SSSR count). The van der Waals surface area contributed by atoms with Crippen molar-refractivity contribution in [2.24, 2.45) is 0 Å². The van der Waals surface area contributed by atoms with Gasteiger partial charge in [-0.15, -0.1) is 0 Å². The molecule has 1 aliphatic rings. The maximum Gasteiger partial charge on any atom is 0.260 e. The first-order valence-electron chi connectivity index (χ1n) is 11.8. The number of rotatable bonds is 6. The van der Waals surface area contributed by atoms with Crippen molar-refractivity contribution in [3.05, 3.63) is 83.9 Å². The number of fused-ring (bicyclic) bond motifs is 1. The highest BCUT2D eigenvalue weighted by molar-refractivity contribution is 7.89. The Balaban J connectivity index is 1.46. The molecule has 0 atom stereocenters. The first kappa shape index (κ1) is 24.5. The summed E-state index contributed by atoms with van der Waals surface area (Å²) in [6.07, 6.45) is 7.06. The molecule has 0 spiro atoms. The Hall–Kier alpha value is -3.21. The Bertz CT molecular complexity index is 1470. The molecule has 1 fully saturated rings. The van der Waals surface area contributed by atoms with Crippen molar-refractivity contribution >= 4 is 42.6 Å². The van der Waals surface area contributed by atoms with E-state index in [-0.39, 0.29) is 22.9 Å². The number of para-hydroxylation sites is 1. The number of aromatic nitrogens is 2. The minimum absolute atomic E-state index is 0.168. The van der Waals surface area contributed by atoms with Crippen molar-refractivity contribution in [2.75, 3.05) is 18.0 Å². The topological polar surface area (TPSA) is 83.5 Å². The SMILES string of the molecule is O=C(c1ccc(S(=O)(=O)N2CCCCCC2)cc1)N(Cc1cccnc1)c1nc2c(F)cccc2s1. The van der Waals surface area contributed by atoms with Crippen molar-refractivity contribution in [3.63, 3.8) is 0 Å². The first-order valence-corrected chi connectivity index (χ1v) is 14.1. The molecule has 186 valence electrons. The fourth-order valence-corrected chi connectivity index (χ4v) is 6.77. The van der Waals surface area contributed by atoms with Crippen LogP contribution in [0.2, 0.25) is 0 Å². The molecule has 0 radical (unpaired) electrons. The van der Waals surface area contributed by atoms with Crippen LogP contribution in [0.15, 0.2) is 71.9 Å². The summed E-state index contributed by atoms with van der Waals surface area (Å²) in [7, 11) is -3.62. The molecule has 0 aliphatic carbocycles. The van der Waals surface area contributed by atoms with E-state index in [1.54, 1.807) is 30.6 Å². The lowest BCUT2D eigenvalue weighted by molar-refractivity contribution is 0.0985. The first-order chi connectivity index (χ1) is 17.4. The molecule has 1 saturated heterocycles.